The molecule has 0 radical (unpaired) electrons. The van der Waals surface area contributed by atoms with Crippen molar-refractivity contribution < 1.29 is 19.4 Å². The molecule has 7 heteroatoms. The van der Waals surface area contributed by atoms with Crippen LogP contribution in [0.5, 0.6) is 11.5 Å². The highest BCUT2D eigenvalue weighted by Crippen LogP contribution is 2.35. The quantitative estimate of drug-likeness (QED) is 0.650. The smallest absolute Gasteiger partial charge is 0.329 e. The zero-order chi connectivity index (χ0) is 18.0. The van der Waals surface area contributed by atoms with Gasteiger partial charge < -0.3 is 15.2 Å². The summed E-state index contributed by atoms with van der Waals surface area (Å²) in [6, 6.07) is 11.7. The summed E-state index contributed by atoms with van der Waals surface area (Å²) >= 11 is 5.94. The lowest BCUT2D eigenvalue weighted by Crippen LogP contribution is -2.30. The van der Waals surface area contributed by atoms with Crippen LogP contribution in [0.2, 0.25) is 5.02 Å². The summed E-state index contributed by atoms with van der Waals surface area (Å²) in [5.74, 6) is -0.437. The molecule has 3 rings (SSSR count). The van der Waals surface area contributed by atoms with Crippen molar-refractivity contribution in [3.8, 4) is 11.5 Å². The molecule has 1 aliphatic rings. The molecule has 2 aromatic rings. The molecule has 1 saturated heterocycles. The van der Waals surface area contributed by atoms with E-state index in [0.717, 1.165) is 10.5 Å². The summed E-state index contributed by atoms with van der Waals surface area (Å²) in [5, 5.41) is 12.4. The minimum Gasteiger partial charge on any atom is -0.503 e. The summed E-state index contributed by atoms with van der Waals surface area (Å²) in [6.07, 6.45) is 1.49. The van der Waals surface area contributed by atoms with Gasteiger partial charge in [-0.15, -0.1) is 0 Å². The van der Waals surface area contributed by atoms with E-state index in [2.05, 4.69) is 5.32 Å². The summed E-state index contributed by atoms with van der Waals surface area (Å²) in [4.78, 5) is 25.7. The van der Waals surface area contributed by atoms with Gasteiger partial charge in [0.05, 0.1) is 18.7 Å². The maximum Gasteiger partial charge on any atom is 0.329 e. The van der Waals surface area contributed by atoms with Crippen molar-refractivity contribution in [3.63, 3.8) is 0 Å². The molecule has 3 amide bonds. The standard InChI is InChI=1S/C18H15ClN2O4/c1-25-15-9-12(7-13(19)16(15)22)8-14-17(23)21(18(24)20-14)10-11-5-3-2-4-6-11/h2-9,22H,10H2,1H3,(H,20,24)/b14-8-. The number of carbonyl (C=O) groups is 2. The Hall–Kier alpha value is -2.99. The van der Waals surface area contributed by atoms with Gasteiger partial charge in [0, 0.05) is 0 Å². The van der Waals surface area contributed by atoms with Crippen molar-refractivity contribution in [2.45, 2.75) is 6.54 Å². The lowest BCUT2D eigenvalue weighted by Gasteiger charge is -2.11. The van der Waals surface area contributed by atoms with Crippen LogP contribution in [0.3, 0.4) is 0 Å². The fourth-order valence-electron chi connectivity index (χ4n) is 2.48. The monoisotopic (exact) mass is 358 g/mol. The van der Waals surface area contributed by atoms with Crippen molar-refractivity contribution in [3.05, 3.63) is 64.3 Å². The zero-order valence-corrected chi connectivity index (χ0v) is 14.1. The predicted molar refractivity (Wildman–Crippen MR) is 93.2 cm³/mol. The average Bonchev–Trinajstić information content (AvgIpc) is 2.86. The van der Waals surface area contributed by atoms with E-state index in [1.165, 1.54) is 25.3 Å². The molecule has 1 fully saturated rings. The highest BCUT2D eigenvalue weighted by Gasteiger charge is 2.33. The third-order valence-corrected chi connectivity index (χ3v) is 4.02. The molecule has 0 aliphatic carbocycles. The molecule has 25 heavy (non-hydrogen) atoms. The number of ether oxygens (including phenoxy) is 1. The van der Waals surface area contributed by atoms with Crippen LogP contribution in [0.4, 0.5) is 4.79 Å². The molecule has 1 heterocycles. The number of urea groups is 1. The van der Waals surface area contributed by atoms with Crippen LogP contribution in [0.25, 0.3) is 6.08 Å². The molecule has 0 bridgehead atoms. The molecule has 1 aliphatic heterocycles. The Labute approximate surface area is 149 Å². The van der Waals surface area contributed by atoms with Crippen LogP contribution in [-0.4, -0.2) is 29.1 Å². The number of hydrogen-bond donors (Lipinski definition) is 2. The van der Waals surface area contributed by atoms with Gasteiger partial charge in [0.1, 0.15) is 5.70 Å². The van der Waals surface area contributed by atoms with Crippen LogP contribution in [0.15, 0.2) is 48.2 Å². The zero-order valence-electron chi connectivity index (χ0n) is 13.3. The molecule has 2 N–H and O–H groups in total. The highest BCUT2D eigenvalue weighted by atomic mass is 35.5. The second kappa shape index (κ2) is 6.86. The fourth-order valence-corrected chi connectivity index (χ4v) is 2.70. The van der Waals surface area contributed by atoms with Gasteiger partial charge in [0.2, 0.25) is 0 Å². The number of nitrogens with one attached hydrogen (secondary N) is 1. The fraction of sp³-hybridized carbons (Fsp3) is 0.111. The first kappa shape index (κ1) is 16.9. The van der Waals surface area contributed by atoms with Crippen LogP contribution < -0.4 is 10.1 Å². The lowest BCUT2D eigenvalue weighted by atomic mass is 10.1. The Morgan fingerprint density at radius 1 is 1.24 bits per heavy atom. The Morgan fingerprint density at radius 3 is 2.64 bits per heavy atom. The largest absolute Gasteiger partial charge is 0.503 e. The second-order valence-electron chi connectivity index (χ2n) is 5.42. The number of carbonyl (C=O) groups excluding carboxylic acids is 2. The van der Waals surface area contributed by atoms with E-state index in [1.54, 1.807) is 0 Å². The molecule has 2 aromatic carbocycles. The first-order chi connectivity index (χ1) is 12.0. The molecule has 0 unspecified atom stereocenters. The van der Waals surface area contributed by atoms with E-state index < -0.39 is 11.9 Å². The van der Waals surface area contributed by atoms with Crippen LogP contribution in [0.1, 0.15) is 11.1 Å². The van der Waals surface area contributed by atoms with Crippen molar-refractivity contribution in [1.29, 1.82) is 0 Å². The minimum atomic E-state index is -0.489. The summed E-state index contributed by atoms with van der Waals surface area (Å²) in [6.45, 7) is 0.183. The van der Waals surface area contributed by atoms with Gasteiger partial charge >= 0.3 is 6.03 Å². The molecule has 0 atom stereocenters. The second-order valence-corrected chi connectivity index (χ2v) is 5.83. The first-order valence-electron chi connectivity index (χ1n) is 7.44. The predicted octanol–water partition coefficient (Wildman–Crippen LogP) is 3.15. The number of amides is 3. The highest BCUT2D eigenvalue weighted by molar-refractivity contribution is 6.32. The van der Waals surface area contributed by atoms with Gasteiger partial charge in [-0.3, -0.25) is 9.69 Å². The maximum absolute atomic E-state index is 12.5. The van der Waals surface area contributed by atoms with Crippen molar-refractivity contribution in [2.24, 2.45) is 0 Å². The maximum atomic E-state index is 12.5. The molecule has 0 spiro atoms. The normalized spacial score (nSPS) is 15.6. The van der Waals surface area contributed by atoms with Crippen LogP contribution in [0, 0.1) is 0 Å². The Bertz CT molecular complexity index is 865. The Morgan fingerprint density at radius 2 is 1.96 bits per heavy atom. The summed E-state index contributed by atoms with van der Waals surface area (Å²) in [5.41, 5.74) is 1.50. The number of nitrogens with zero attached hydrogens (tertiary/aromatic N) is 1. The van der Waals surface area contributed by atoms with E-state index in [1.807, 2.05) is 30.3 Å². The van der Waals surface area contributed by atoms with Crippen molar-refractivity contribution in [2.75, 3.05) is 7.11 Å². The van der Waals surface area contributed by atoms with E-state index in [9.17, 15) is 14.7 Å². The third kappa shape index (κ3) is 3.44. The number of phenols is 1. The number of phenolic OH excluding ortho intramolecular Hbond substituents is 1. The Balaban J connectivity index is 1.87. The number of benzene rings is 2. The van der Waals surface area contributed by atoms with Crippen LogP contribution >= 0.6 is 11.6 Å². The third-order valence-electron chi connectivity index (χ3n) is 3.73. The van der Waals surface area contributed by atoms with Gasteiger partial charge in [-0.1, -0.05) is 41.9 Å². The number of hydrogen-bond acceptors (Lipinski definition) is 4. The number of aromatic hydroxyl groups is 1. The molecule has 128 valence electrons. The molecular weight excluding hydrogens is 344 g/mol. The van der Waals surface area contributed by atoms with Crippen molar-refractivity contribution in [1.82, 2.24) is 10.2 Å². The minimum absolute atomic E-state index is 0.0871. The van der Waals surface area contributed by atoms with Crippen molar-refractivity contribution >= 4 is 29.6 Å². The lowest BCUT2D eigenvalue weighted by molar-refractivity contribution is -0.123. The number of halogens is 1. The van der Waals surface area contributed by atoms with Gasteiger partial charge in [0.25, 0.3) is 5.91 Å². The number of imide groups is 1. The van der Waals surface area contributed by atoms with E-state index in [-0.39, 0.29) is 28.8 Å². The Kier molecular flexibility index (Phi) is 4.63. The van der Waals surface area contributed by atoms with Gasteiger partial charge in [-0.25, -0.2) is 4.79 Å². The molecule has 0 aromatic heterocycles. The van der Waals surface area contributed by atoms with Gasteiger partial charge in [0.15, 0.2) is 11.5 Å². The summed E-state index contributed by atoms with van der Waals surface area (Å²) in [7, 11) is 1.40. The van der Waals surface area contributed by atoms with Crippen LogP contribution in [-0.2, 0) is 11.3 Å². The van der Waals surface area contributed by atoms with E-state index >= 15 is 0 Å². The SMILES string of the molecule is COc1cc(/C=C2\NC(=O)N(Cc3ccccc3)C2=O)cc(Cl)c1O. The van der Waals surface area contributed by atoms with E-state index in [4.69, 9.17) is 16.3 Å². The van der Waals surface area contributed by atoms with E-state index in [0.29, 0.717) is 5.56 Å². The number of methoxy groups -OCH3 is 1. The topological polar surface area (TPSA) is 78.9 Å². The molecular formula is C18H15ClN2O4. The number of rotatable bonds is 4. The molecule has 6 nitrogen and oxygen atoms in total. The molecule has 0 saturated carbocycles. The first-order valence-corrected chi connectivity index (χ1v) is 7.82. The average molecular weight is 359 g/mol. The summed E-state index contributed by atoms with van der Waals surface area (Å²) < 4.78 is 5.03. The van der Waals surface area contributed by atoms with Gasteiger partial charge in [-0.05, 0) is 29.3 Å². The van der Waals surface area contributed by atoms with Gasteiger partial charge in [-0.2, -0.15) is 0 Å².